The predicted octanol–water partition coefficient (Wildman–Crippen LogP) is -0.0864. The molecule has 0 radical (unpaired) electrons. The van der Waals surface area contributed by atoms with Crippen molar-refractivity contribution >= 4 is 32.4 Å². The third-order valence-corrected chi connectivity index (χ3v) is 3.41. The number of hydrogen-bond donors (Lipinski definition) is 2. The van der Waals surface area contributed by atoms with Gasteiger partial charge in [0.15, 0.2) is 0 Å². The van der Waals surface area contributed by atoms with Crippen LogP contribution in [0.2, 0.25) is 0 Å². The summed E-state index contributed by atoms with van der Waals surface area (Å²) in [5.41, 5.74) is 1.42. The maximum absolute atomic E-state index is 10.3. The van der Waals surface area contributed by atoms with E-state index in [-0.39, 0.29) is 35.7 Å². The van der Waals surface area contributed by atoms with Crippen LogP contribution in [0.5, 0.6) is 0 Å². The number of benzene rings is 2. The van der Waals surface area contributed by atoms with Crippen LogP contribution in [-0.2, 0) is 20.2 Å². The standard InChI is InChI=1S/2C8H8O3S.H3N.Na/c2*9-12(10,11)7-6-8-4-2-1-3-5-8;;/h2*1-7H,(H,9,10,11);1H3;/q;;;+1/p-1. The van der Waals surface area contributed by atoms with E-state index in [0.717, 1.165) is 11.0 Å². The maximum Gasteiger partial charge on any atom is 1.00 e. The Kier molecular flexibility index (Phi) is 13.4. The van der Waals surface area contributed by atoms with E-state index in [2.05, 4.69) is 0 Å². The van der Waals surface area contributed by atoms with Crippen LogP contribution in [0.15, 0.2) is 71.5 Å². The molecule has 0 fully saturated rings. The summed E-state index contributed by atoms with van der Waals surface area (Å²) in [5.74, 6) is 0. The summed E-state index contributed by atoms with van der Waals surface area (Å²) in [7, 11) is -8.26. The van der Waals surface area contributed by atoms with Crippen molar-refractivity contribution in [2.45, 2.75) is 0 Å². The van der Waals surface area contributed by atoms with Gasteiger partial charge in [-0.2, -0.15) is 8.42 Å². The minimum atomic E-state index is -4.25. The summed E-state index contributed by atoms with van der Waals surface area (Å²) in [6.45, 7) is 0. The van der Waals surface area contributed by atoms with Gasteiger partial charge in [-0.1, -0.05) is 60.7 Å². The van der Waals surface area contributed by atoms with Crippen molar-refractivity contribution in [2.75, 3.05) is 0 Å². The molecule has 0 aliphatic heterocycles. The fourth-order valence-electron chi connectivity index (χ4n) is 1.45. The fraction of sp³-hybridized carbons (Fsp3) is 0. The van der Waals surface area contributed by atoms with E-state index in [1.807, 2.05) is 12.1 Å². The van der Waals surface area contributed by atoms with E-state index in [9.17, 15) is 21.4 Å². The topological polar surface area (TPSA) is 147 Å². The molecule has 0 aliphatic carbocycles. The van der Waals surface area contributed by atoms with E-state index >= 15 is 0 Å². The molecule has 2 aromatic carbocycles. The third-order valence-electron chi connectivity index (χ3n) is 2.46. The molecule has 2 rings (SSSR count). The van der Waals surface area contributed by atoms with E-state index in [1.54, 1.807) is 48.5 Å². The van der Waals surface area contributed by atoms with Crippen LogP contribution in [0, 0.1) is 0 Å². The summed E-state index contributed by atoms with van der Waals surface area (Å²) < 4.78 is 59.4. The minimum Gasteiger partial charge on any atom is -0.744 e. The zero-order valence-electron chi connectivity index (χ0n) is 14.1. The molecule has 0 saturated carbocycles. The van der Waals surface area contributed by atoms with Crippen molar-refractivity contribution in [3.63, 3.8) is 0 Å². The molecule has 0 saturated heterocycles. The SMILES string of the molecule is N.O=S(=O)(O)C=Cc1ccccc1.O=S(=O)([O-])C=Cc1ccccc1.[Na+]. The molecule has 7 nitrogen and oxygen atoms in total. The van der Waals surface area contributed by atoms with Crippen LogP contribution in [0.4, 0.5) is 0 Å². The van der Waals surface area contributed by atoms with E-state index in [0.29, 0.717) is 11.0 Å². The van der Waals surface area contributed by atoms with Gasteiger partial charge in [-0.25, -0.2) is 8.42 Å². The Morgan fingerprint density at radius 1 is 0.731 bits per heavy atom. The van der Waals surface area contributed by atoms with Gasteiger partial charge in [0.1, 0.15) is 10.1 Å². The van der Waals surface area contributed by atoms with Crippen LogP contribution in [0.1, 0.15) is 11.1 Å². The Morgan fingerprint density at radius 3 is 1.38 bits per heavy atom. The van der Waals surface area contributed by atoms with E-state index in [4.69, 9.17) is 4.55 Å². The first kappa shape index (κ1) is 26.9. The summed E-state index contributed by atoms with van der Waals surface area (Å²) in [5, 5.41) is 1.39. The Labute approximate surface area is 175 Å². The van der Waals surface area contributed by atoms with Crippen molar-refractivity contribution in [1.82, 2.24) is 6.15 Å². The van der Waals surface area contributed by atoms with Crippen molar-refractivity contribution in [1.29, 1.82) is 0 Å². The molecule has 4 N–H and O–H groups in total. The van der Waals surface area contributed by atoms with Gasteiger partial charge in [0.25, 0.3) is 10.1 Å². The normalized spacial score (nSPS) is 11.2. The molecule has 0 unspecified atom stereocenters. The first-order valence-electron chi connectivity index (χ1n) is 6.55. The summed E-state index contributed by atoms with van der Waals surface area (Å²) in [4.78, 5) is 0. The Balaban J connectivity index is 0. The molecule has 26 heavy (non-hydrogen) atoms. The average molecular weight is 407 g/mol. The summed E-state index contributed by atoms with van der Waals surface area (Å²) in [6, 6.07) is 17.6. The Hall–Kier alpha value is -1.30. The molecular weight excluding hydrogens is 389 g/mol. The summed E-state index contributed by atoms with van der Waals surface area (Å²) >= 11 is 0. The Morgan fingerprint density at radius 2 is 1.08 bits per heavy atom. The largest absolute Gasteiger partial charge is 1.00 e. The van der Waals surface area contributed by atoms with Crippen LogP contribution in [-0.4, -0.2) is 25.9 Å². The molecule has 2 aromatic rings. The molecule has 0 bridgehead atoms. The van der Waals surface area contributed by atoms with Crippen molar-refractivity contribution < 1.29 is 55.5 Å². The third kappa shape index (κ3) is 15.0. The van der Waals surface area contributed by atoms with Crippen molar-refractivity contribution in [3.8, 4) is 0 Å². The van der Waals surface area contributed by atoms with Crippen LogP contribution >= 0.6 is 0 Å². The van der Waals surface area contributed by atoms with Crippen LogP contribution < -0.4 is 35.7 Å². The first-order valence-corrected chi connectivity index (χ1v) is 9.53. The van der Waals surface area contributed by atoms with Crippen molar-refractivity contribution in [2.24, 2.45) is 0 Å². The molecule has 0 aromatic heterocycles. The number of rotatable bonds is 4. The second kappa shape index (κ2) is 13.0. The molecule has 0 atom stereocenters. The maximum atomic E-state index is 10.3. The van der Waals surface area contributed by atoms with Gasteiger partial charge in [0.2, 0.25) is 0 Å². The van der Waals surface area contributed by atoms with Gasteiger partial charge in [-0.05, 0) is 23.3 Å². The van der Waals surface area contributed by atoms with Gasteiger partial charge < -0.3 is 10.7 Å². The molecule has 0 spiro atoms. The van der Waals surface area contributed by atoms with Gasteiger partial charge in [-0.3, -0.25) is 4.55 Å². The van der Waals surface area contributed by atoms with Gasteiger partial charge in [-0.15, -0.1) is 0 Å². The van der Waals surface area contributed by atoms with E-state index < -0.39 is 20.2 Å². The van der Waals surface area contributed by atoms with Gasteiger partial charge >= 0.3 is 29.6 Å². The van der Waals surface area contributed by atoms with E-state index in [1.165, 1.54) is 12.2 Å². The van der Waals surface area contributed by atoms with Crippen molar-refractivity contribution in [3.05, 3.63) is 82.6 Å². The predicted molar refractivity (Wildman–Crippen MR) is 97.2 cm³/mol. The molecule has 0 heterocycles. The Bertz CT molecular complexity index is 819. The second-order valence-electron chi connectivity index (χ2n) is 4.43. The summed E-state index contributed by atoms with van der Waals surface area (Å²) in [6.07, 6.45) is 2.59. The average Bonchev–Trinajstić information content (AvgIpc) is 2.52. The smallest absolute Gasteiger partial charge is 0.744 e. The zero-order valence-corrected chi connectivity index (χ0v) is 17.7. The first-order chi connectivity index (χ1) is 11.2. The molecule has 10 heteroatoms. The number of hydrogen-bond acceptors (Lipinski definition) is 6. The van der Waals surface area contributed by atoms with Crippen LogP contribution in [0.25, 0.3) is 12.2 Å². The second-order valence-corrected chi connectivity index (χ2v) is 6.99. The molecule has 0 amide bonds. The molecular formula is C16H18NNaO6S2. The molecule has 0 aliphatic rings. The van der Waals surface area contributed by atoms with Gasteiger partial charge in [0, 0.05) is 5.41 Å². The van der Waals surface area contributed by atoms with Crippen LogP contribution in [0.3, 0.4) is 0 Å². The minimum absolute atomic E-state index is 0. The zero-order chi connectivity index (χ0) is 18.1. The fourth-order valence-corrected chi connectivity index (χ4v) is 2.11. The molecule has 136 valence electrons. The van der Waals surface area contributed by atoms with Gasteiger partial charge in [0.05, 0.1) is 5.41 Å². The monoisotopic (exact) mass is 407 g/mol. The quantitative estimate of drug-likeness (QED) is 0.532.